The molecule has 1 unspecified atom stereocenters. The van der Waals surface area contributed by atoms with Gasteiger partial charge in [0.25, 0.3) is 5.91 Å². The lowest BCUT2D eigenvalue weighted by atomic mass is 10.0. The van der Waals surface area contributed by atoms with Crippen molar-refractivity contribution in [2.45, 2.75) is 38.3 Å². The second-order valence-corrected chi connectivity index (χ2v) is 6.71. The standard InChI is InChI=1S/C22H28N6O/c1-25-20(10-6-7-13-23)26-16-18(15-24)14-19-22(29)28(2)21(27-19)12-11-17-8-4-3-5-9-17/h3-4,8,11-12,14-16,20,25H,5-7,9-10,24H2,1-2H3/b12-11+,18-15-,19-14-,26-16-. The first-order valence-electron chi connectivity index (χ1n) is 9.70. The van der Waals surface area contributed by atoms with Crippen LogP contribution >= 0.6 is 0 Å². The number of hydrogen-bond donors (Lipinski definition) is 2. The fourth-order valence-electron chi connectivity index (χ4n) is 2.84. The van der Waals surface area contributed by atoms with Crippen molar-refractivity contribution in [1.29, 1.82) is 5.26 Å². The van der Waals surface area contributed by atoms with Crippen molar-refractivity contribution >= 4 is 18.0 Å². The number of nitrogens with one attached hydrogen (secondary N) is 1. The number of nitriles is 1. The Morgan fingerprint density at radius 3 is 3.00 bits per heavy atom. The van der Waals surface area contributed by atoms with E-state index in [1.165, 1.54) is 16.7 Å². The van der Waals surface area contributed by atoms with Crippen LogP contribution in [0.25, 0.3) is 0 Å². The molecule has 0 saturated heterocycles. The van der Waals surface area contributed by atoms with E-state index in [1.807, 2.05) is 25.3 Å². The normalized spacial score (nSPS) is 19.9. The van der Waals surface area contributed by atoms with Crippen LogP contribution in [0, 0.1) is 11.3 Å². The Bertz CT molecular complexity index is 851. The number of amides is 1. The van der Waals surface area contributed by atoms with Gasteiger partial charge in [0.15, 0.2) is 0 Å². The molecule has 7 nitrogen and oxygen atoms in total. The highest BCUT2D eigenvalue weighted by atomic mass is 16.2. The van der Waals surface area contributed by atoms with E-state index < -0.39 is 0 Å². The number of rotatable bonds is 9. The van der Waals surface area contributed by atoms with Crippen LogP contribution in [-0.4, -0.2) is 43.1 Å². The minimum absolute atomic E-state index is 0.113. The molecule has 2 rings (SSSR count). The molecule has 1 aliphatic heterocycles. The van der Waals surface area contributed by atoms with Crippen LogP contribution in [0.2, 0.25) is 0 Å². The second kappa shape index (κ2) is 11.6. The van der Waals surface area contributed by atoms with Gasteiger partial charge in [0.1, 0.15) is 11.5 Å². The predicted octanol–water partition coefficient (Wildman–Crippen LogP) is 2.73. The smallest absolute Gasteiger partial charge is 0.277 e. The molecule has 1 amide bonds. The van der Waals surface area contributed by atoms with E-state index in [2.05, 4.69) is 33.5 Å². The van der Waals surface area contributed by atoms with E-state index in [0.29, 0.717) is 23.5 Å². The zero-order valence-corrected chi connectivity index (χ0v) is 17.0. The topological polar surface area (TPSA) is 107 Å². The van der Waals surface area contributed by atoms with Crippen LogP contribution in [-0.2, 0) is 4.79 Å². The van der Waals surface area contributed by atoms with Crippen molar-refractivity contribution in [3.63, 3.8) is 0 Å². The van der Waals surface area contributed by atoms with E-state index in [4.69, 9.17) is 11.0 Å². The molecule has 0 radical (unpaired) electrons. The maximum Gasteiger partial charge on any atom is 0.277 e. The summed E-state index contributed by atoms with van der Waals surface area (Å²) in [6.07, 6.45) is 18.6. The Kier molecular flexibility index (Phi) is 8.80. The summed E-state index contributed by atoms with van der Waals surface area (Å²) in [5.74, 6) is 0.406. The molecule has 0 spiro atoms. The zero-order chi connectivity index (χ0) is 21.1. The Morgan fingerprint density at radius 1 is 1.52 bits per heavy atom. The fourth-order valence-corrected chi connectivity index (χ4v) is 2.84. The molecule has 29 heavy (non-hydrogen) atoms. The van der Waals surface area contributed by atoms with Gasteiger partial charge in [-0.15, -0.1) is 0 Å². The van der Waals surface area contributed by atoms with Gasteiger partial charge in [-0.3, -0.25) is 20.0 Å². The molecule has 3 N–H and O–H groups in total. The number of amidine groups is 1. The summed E-state index contributed by atoms with van der Waals surface area (Å²) in [6, 6.07) is 2.13. The molecule has 1 heterocycles. The van der Waals surface area contributed by atoms with Gasteiger partial charge in [-0.05, 0) is 50.5 Å². The van der Waals surface area contributed by atoms with Crippen LogP contribution < -0.4 is 11.1 Å². The molecular weight excluding hydrogens is 364 g/mol. The molecule has 7 heteroatoms. The van der Waals surface area contributed by atoms with Crippen molar-refractivity contribution in [2.24, 2.45) is 15.7 Å². The van der Waals surface area contributed by atoms with Gasteiger partial charge >= 0.3 is 0 Å². The van der Waals surface area contributed by atoms with Crippen molar-refractivity contribution in [3.8, 4) is 6.07 Å². The summed E-state index contributed by atoms with van der Waals surface area (Å²) >= 11 is 0. The highest BCUT2D eigenvalue weighted by Crippen LogP contribution is 2.18. The molecular formula is C22H28N6O. The molecule has 0 aromatic carbocycles. The number of nitrogens with zero attached hydrogens (tertiary/aromatic N) is 4. The number of allylic oxidation sites excluding steroid dienone is 7. The van der Waals surface area contributed by atoms with Gasteiger partial charge in [0, 0.05) is 31.5 Å². The summed E-state index contributed by atoms with van der Waals surface area (Å²) in [5.41, 5.74) is 7.83. The van der Waals surface area contributed by atoms with Crippen LogP contribution in [0.1, 0.15) is 32.1 Å². The van der Waals surface area contributed by atoms with Gasteiger partial charge < -0.3 is 5.73 Å². The van der Waals surface area contributed by atoms with E-state index in [1.54, 1.807) is 19.3 Å². The highest BCUT2D eigenvalue weighted by Gasteiger charge is 2.25. The lowest BCUT2D eigenvalue weighted by Crippen LogP contribution is -2.26. The minimum atomic E-state index is -0.186. The molecule has 152 valence electrons. The summed E-state index contributed by atoms with van der Waals surface area (Å²) in [5, 5.41) is 11.7. The maximum atomic E-state index is 12.5. The van der Waals surface area contributed by atoms with Crippen molar-refractivity contribution in [2.75, 3.05) is 14.1 Å². The van der Waals surface area contributed by atoms with E-state index in [-0.39, 0.29) is 12.1 Å². The molecule has 0 fully saturated rings. The Labute approximate surface area is 172 Å². The summed E-state index contributed by atoms with van der Waals surface area (Å²) < 4.78 is 0. The first-order valence-corrected chi connectivity index (χ1v) is 9.70. The monoisotopic (exact) mass is 392 g/mol. The molecule has 0 bridgehead atoms. The Balaban J connectivity index is 2.10. The van der Waals surface area contributed by atoms with Gasteiger partial charge in [-0.1, -0.05) is 24.3 Å². The minimum Gasteiger partial charge on any atom is -0.404 e. The summed E-state index contributed by atoms with van der Waals surface area (Å²) in [7, 11) is 3.52. The number of carbonyl (C=O) groups is 1. The van der Waals surface area contributed by atoms with Crippen LogP contribution in [0.5, 0.6) is 0 Å². The third-order valence-electron chi connectivity index (χ3n) is 4.59. The molecule has 0 aromatic heterocycles. The van der Waals surface area contributed by atoms with Crippen LogP contribution in [0.15, 0.2) is 69.5 Å². The van der Waals surface area contributed by atoms with E-state index >= 15 is 0 Å². The van der Waals surface area contributed by atoms with Crippen LogP contribution in [0.4, 0.5) is 0 Å². The molecule has 2 aliphatic rings. The second-order valence-electron chi connectivity index (χ2n) is 6.71. The van der Waals surface area contributed by atoms with Gasteiger partial charge in [0.2, 0.25) is 0 Å². The fraction of sp³-hybridized carbons (Fsp3) is 0.364. The number of likely N-dealkylation sites (N-methyl/N-ethyl adjacent to an activating group) is 1. The van der Waals surface area contributed by atoms with Crippen LogP contribution in [0.3, 0.4) is 0 Å². The molecule has 1 aliphatic carbocycles. The summed E-state index contributed by atoms with van der Waals surface area (Å²) in [6.45, 7) is 0. The molecule has 0 saturated carbocycles. The van der Waals surface area contributed by atoms with Crippen molar-refractivity contribution in [1.82, 2.24) is 10.2 Å². The summed E-state index contributed by atoms with van der Waals surface area (Å²) in [4.78, 5) is 22.9. The molecule has 1 atom stereocenters. The Morgan fingerprint density at radius 2 is 2.34 bits per heavy atom. The van der Waals surface area contributed by atoms with E-state index in [0.717, 1.165) is 25.7 Å². The van der Waals surface area contributed by atoms with E-state index in [9.17, 15) is 4.79 Å². The average molecular weight is 393 g/mol. The lowest BCUT2D eigenvalue weighted by molar-refractivity contribution is -0.121. The average Bonchev–Trinajstić information content (AvgIpc) is 3.02. The quantitative estimate of drug-likeness (QED) is 0.357. The molecule has 0 aromatic rings. The van der Waals surface area contributed by atoms with Crippen molar-refractivity contribution < 1.29 is 4.79 Å². The number of unbranched alkanes of at least 4 members (excludes halogenated alkanes) is 1. The van der Waals surface area contributed by atoms with Gasteiger partial charge in [-0.2, -0.15) is 5.26 Å². The zero-order valence-electron chi connectivity index (χ0n) is 17.0. The van der Waals surface area contributed by atoms with Gasteiger partial charge in [0.05, 0.1) is 12.2 Å². The highest BCUT2D eigenvalue weighted by molar-refractivity contribution is 6.16. The largest absolute Gasteiger partial charge is 0.404 e. The van der Waals surface area contributed by atoms with Crippen molar-refractivity contribution in [3.05, 3.63) is 59.5 Å². The first-order chi connectivity index (χ1) is 14.1. The SMILES string of the molecule is CNC(CCCC#N)\N=C/C(=C\N)/C=C1N=C(/C=C/C2=CC=CCC2)N(C)C\1=O. The van der Waals surface area contributed by atoms with Gasteiger partial charge in [-0.25, -0.2) is 4.99 Å². The third-order valence-corrected chi connectivity index (χ3v) is 4.59. The number of nitrogens with two attached hydrogens (primary N) is 1. The predicted molar refractivity (Wildman–Crippen MR) is 117 cm³/mol. The first kappa shape index (κ1) is 22.1. The lowest BCUT2D eigenvalue weighted by Gasteiger charge is -2.10. The third kappa shape index (κ3) is 6.70. The number of hydrogen-bond acceptors (Lipinski definition) is 6. The Hall–Kier alpha value is -3.24. The maximum absolute atomic E-state index is 12.5. The number of carbonyl (C=O) groups excluding carboxylic acids is 1. The number of aliphatic imine (C=N–C) groups is 2.